The maximum atomic E-state index is 11.7. The zero-order chi connectivity index (χ0) is 12.1. The second-order valence-corrected chi connectivity index (χ2v) is 4.64. The van der Waals surface area contributed by atoms with Gasteiger partial charge in [-0.25, -0.2) is 4.79 Å². The summed E-state index contributed by atoms with van der Waals surface area (Å²) in [7, 11) is 1.30. The third-order valence-electron chi connectivity index (χ3n) is 3.27. The van der Waals surface area contributed by atoms with E-state index in [4.69, 9.17) is 21.1 Å². The van der Waals surface area contributed by atoms with Gasteiger partial charge in [-0.1, -0.05) is 29.8 Å². The first-order valence-electron chi connectivity index (χ1n) is 5.34. The fourth-order valence-electron chi connectivity index (χ4n) is 2.36. The largest absolute Gasteiger partial charge is 0.493 e. The third kappa shape index (κ3) is 1.25. The zero-order valence-electron chi connectivity index (χ0n) is 9.23. The summed E-state index contributed by atoms with van der Waals surface area (Å²) in [6, 6.07) is 7.44. The number of esters is 1. The fourth-order valence-corrected chi connectivity index (χ4v) is 2.76. The Balaban J connectivity index is 2.06. The molecule has 0 saturated carbocycles. The lowest BCUT2D eigenvalue weighted by Crippen LogP contribution is -2.32. The molecule has 2 aliphatic heterocycles. The highest BCUT2D eigenvalue weighted by atomic mass is 35.5. The predicted molar refractivity (Wildman–Crippen MR) is 59.9 cm³/mol. The van der Waals surface area contributed by atoms with E-state index >= 15 is 0 Å². The van der Waals surface area contributed by atoms with E-state index < -0.39 is 16.6 Å². The van der Waals surface area contributed by atoms with Crippen LogP contribution in [0.25, 0.3) is 0 Å². The van der Waals surface area contributed by atoms with Gasteiger partial charge in [0, 0.05) is 12.0 Å². The van der Waals surface area contributed by atoms with Gasteiger partial charge in [0.2, 0.25) is 0 Å². The summed E-state index contributed by atoms with van der Waals surface area (Å²) in [5, 5.41) is -1.40. The standard InChI is InChI=1S/C12H11ClO4/c1-15-10(14)12(13)11(17-12)6-7-16-9-5-3-2-4-8(9)11/h2-5H,6-7H2,1H3. The van der Waals surface area contributed by atoms with E-state index in [0.717, 1.165) is 5.56 Å². The van der Waals surface area contributed by atoms with Crippen LogP contribution in [0.4, 0.5) is 0 Å². The number of halogens is 1. The Morgan fingerprint density at radius 3 is 3.00 bits per heavy atom. The monoisotopic (exact) mass is 254 g/mol. The molecule has 0 aromatic heterocycles. The van der Waals surface area contributed by atoms with Crippen LogP contribution in [-0.2, 0) is 19.9 Å². The number of ether oxygens (including phenoxy) is 3. The average Bonchev–Trinajstić information content (AvgIpc) is 2.96. The molecule has 2 aliphatic rings. The molecule has 0 N–H and O–H groups in total. The predicted octanol–water partition coefficient (Wildman–Crippen LogP) is 1.80. The topological polar surface area (TPSA) is 48.1 Å². The molecule has 2 unspecified atom stereocenters. The van der Waals surface area contributed by atoms with Gasteiger partial charge in [0.15, 0.2) is 5.60 Å². The van der Waals surface area contributed by atoms with Crippen LogP contribution in [0.3, 0.4) is 0 Å². The van der Waals surface area contributed by atoms with Gasteiger partial charge < -0.3 is 14.2 Å². The number of benzene rings is 1. The smallest absolute Gasteiger partial charge is 0.357 e. The zero-order valence-corrected chi connectivity index (χ0v) is 9.99. The number of para-hydroxylation sites is 1. The Kier molecular flexibility index (Phi) is 2.15. The van der Waals surface area contributed by atoms with Crippen molar-refractivity contribution in [3.63, 3.8) is 0 Å². The molecular weight excluding hydrogens is 244 g/mol. The van der Waals surface area contributed by atoms with Gasteiger partial charge in [-0.2, -0.15) is 0 Å². The van der Waals surface area contributed by atoms with Gasteiger partial charge in [0.05, 0.1) is 13.7 Å². The fraction of sp³-hybridized carbons (Fsp3) is 0.417. The number of rotatable bonds is 1. The lowest BCUT2D eigenvalue weighted by molar-refractivity contribution is -0.143. The summed E-state index contributed by atoms with van der Waals surface area (Å²) in [5.74, 6) is 0.154. The molecule has 5 heteroatoms. The first kappa shape index (κ1) is 10.9. The van der Waals surface area contributed by atoms with Crippen molar-refractivity contribution in [1.82, 2.24) is 0 Å². The van der Waals surface area contributed by atoms with Crippen molar-refractivity contribution in [2.45, 2.75) is 17.1 Å². The molecule has 17 heavy (non-hydrogen) atoms. The van der Waals surface area contributed by atoms with E-state index in [-0.39, 0.29) is 0 Å². The van der Waals surface area contributed by atoms with Crippen molar-refractivity contribution in [2.75, 3.05) is 13.7 Å². The molecule has 1 saturated heterocycles. The number of methoxy groups -OCH3 is 1. The van der Waals surface area contributed by atoms with Crippen LogP contribution < -0.4 is 4.74 Å². The van der Waals surface area contributed by atoms with Crippen molar-refractivity contribution in [2.24, 2.45) is 0 Å². The molecular formula is C12H11ClO4. The molecule has 2 atom stereocenters. The maximum Gasteiger partial charge on any atom is 0.357 e. The lowest BCUT2D eigenvalue weighted by Gasteiger charge is -2.24. The number of fused-ring (bicyclic) bond motifs is 2. The molecule has 0 bridgehead atoms. The number of carbonyl (C=O) groups excluding carboxylic acids is 1. The minimum atomic E-state index is -1.40. The molecule has 0 aliphatic carbocycles. The molecule has 1 spiro atoms. The van der Waals surface area contributed by atoms with Crippen molar-refractivity contribution in [1.29, 1.82) is 0 Å². The van der Waals surface area contributed by atoms with Crippen molar-refractivity contribution in [3.8, 4) is 5.75 Å². The summed E-state index contributed by atoms with van der Waals surface area (Å²) in [6.45, 7) is 0.475. The van der Waals surface area contributed by atoms with Gasteiger partial charge in [-0.3, -0.25) is 0 Å². The second-order valence-electron chi connectivity index (χ2n) is 4.11. The normalized spacial score (nSPS) is 33.8. The van der Waals surface area contributed by atoms with Gasteiger partial charge in [-0.05, 0) is 6.07 Å². The van der Waals surface area contributed by atoms with Crippen LogP contribution in [-0.4, -0.2) is 24.7 Å². The molecule has 1 fully saturated rings. The number of carbonyl (C=O) groups is 1. The summed E-state index contributed by atoms with van der Waals surface area (Å²) >= 11 is 6.21. The van der Waals surface area contributed by atoms with E-state index in [0.29, 0.717) is 18.8 Å². The Bertz CT molecular complexity index is 489. The number of hydrogen-bond donors (Lipinski definition) is 0. The molecule has 0 radical (unpaired) electrons. The van der Waals surface area contributed by atoms with Crippen LogP contribution >= 0.6 is 11.6 Å². The third-order valence-corrected chi connectivity index (χ3v) is 3.81. The van der Waals surface area contributed by atoms with Crippen molar-refractivity contribution in [3.05, 3.63) is 29.8 Å². The van der Waals surface area contributed by atoms with Crippen LogP contribution in [0.5, 0.6) is 5.75 Å². The van der Waals surface area contributed by atoms with Crippen molar-refractivity contribution < 1.29 is 19.0 Å². The van der Waals surface area contributed by atoms with Gasteiger partial charge in [0.25, 0.3) is 5.06 Å². The molecule has 90 valence electrons. The van der Waals surface area contributed by atoms with Gasteiger partial charge in [0.1, 0.15) is 5.75 Å². The Morgan fingerprint density at radius 1 is 1.47 bits per heavy atom. The minimum Gasteiger partial charge on any atom is -0.493 e. The molecule has 1 aromatic rings. The summed E-state index contributed by atoms with van der Waals surface area (Å²) in [6.07, 6.45) is 0.544. The molecule has 1 aromatic carbocycles. The van der Waals surface area contributed by atoms with E-state index in [1.54, 1.807) is 0 Å². The van der Waals surface area contributed by atoms with E-state index in [9.17, 15) is 4.79 Å². The molecule has 0 amide bonds. The Labute approximate surface area is 103 Å². The molecule has 2 heterocycles. The van der Waals surface area contributed by atoms with Crippen LogP contribution in [0.2, 0.25) is 0 Å². The lowest BCUT2D eigenvalue weighted by atomic mass is 9.89. The quantitative estimate of drug-likeness (QED) is 0.436. The molecule has 3 rings (SSSR count). The minimum absolute atomic E-state index is 0.475. The van der Waals surface area contributed by atoms with Crippen molar-refractivity contribution >= 4 is 17.6 Å². The first-order chi connectivity index (χ1) is 8.14. The highest BCUT2D eigenvalue weighted by Crippen LogP contribution is 2.64. The van der Waals surface area contributed by atoms with Crippen LogP contribution in [0, 0.1) is 0 Å². The number of alkyl halides is 1. The van der Waals surface area contributed by atoms with Gasteiger partial charge >= 0.3 is 5.97 Å². The maximum absolute atomic E-state index is 11.7. The highest BCUT2D eigenvalue weighted by molar-refractivity contribution is 6.36. The number of hydrogen-bond acceptors (Lipinski definition) is 4. The van der Waals surface area contributed by atoms with Crippen LogP contribution in [0.15, 0.2) is 24.3 Å². The molecule has 4 nitrogen and oxygen atoms in total. The van der Waals surface area contributed by atoms with E-state index in [2.05, 4.69) is 4.74 Å². The SMILES string of the molecule is COC(=O)C1(Cl)OC12CCOc1ccccc12. The average molecular weight is 255 g/mol. The van der Waals surface area contributed by atoms with E-state index in [1.807, 2.05) is 24.3 Å². The Hall–Kier alpha value is -1.26. The Morgan fingerprint density at radius 2 is 2.24 bits per heavy atom. The summed E-state index contributed by atoms with van der Waals surface area (Å²) in [5.41, 5.74) is 0.0166. The second kappa shape index (κ2) is 3.37. The van der Waals surface area contributed by atoms with Crippen LogP contribution in [0.1, 0.15) is 12.0 Å². The summed E-state index contributed by atoms with van der Waals surface area (Å²) < 4.78 is 15.7. The van der Waals surface area contributed by atoms with Gasteiger partial charge in [-0.15, -0.1) is 0 Å². The first-order valence-corrected chi connectivity index (χ1v) is 5.72. The highest BCUT2D eigenvalue weighted by Gasteiger charge is 2.77. The summed E-state index contributed by atoms with van der Waals surface area (Å²) in [4.78, 5) is 11.7. The van der Waals surface area contributed by atoms with E-state index in [1.165, 1.54) is 7.11 Å². The number of epoxide rings is 1.